The Hall–Kier alpha value is -1.42. The molecule has 3 rings (SSSR count). The van der Waals surface area contributed by atoms with E-state index in [1.165, 1.54) is 31.4 Å². The molecule has 3 nitrogen and oxygen atoms in total. The highest BCUT2D eigenvalue weighted by atomic mass is 19.1. The second-order valence-electron chi connectivity index (χ2n) is 7.16. The number of hydrogen-bond acceptors (Lipinski definition) is 2. The van der Waals surface area contributed by atoms with Crippen molar-refractivity contribution in [2.24, 2.45) is 11.7 Å². The van der Waals surface area contributed by atoms with Crippen molar-refractivity contribution in [3.63, 3.8) is 0 Å². The lowest BCUT2D eigenvalue weighted by molar-refractivity contribution is -0.131. The van der Waals surface area contributed by atoms with Crippen LogP contribution in [-0.4, -0.2) is 18.5 Å². The van der Waals surface area contributed by atoms with E-state index in [4.69, 9.17) is 5.73 Å². The standard InChI is InChI=1S/C19H27FN2O/c20-16-9-4-8-15(12-16)19(10-5-11-19)18(23)22-17(13-21)14-6-2-1-3-7-14/h4,8-9,12,14,17H,1-3,5-7,10-11,13,21H2,(H,22,23). The highest BCUT2D eigenvalue weighted by Crippen LogP contribution is 2.44. The van der Waals surface area contributed by atoms with E-state index in [1.807, 2.05) is 6.07 Å². The molecule has 0 aromatic heterocycles. The first-order valence-electron chi connectivity index (χ1n) is 8.93. The fourth-order valence-corrected chi connectivity index (χ4v) is 4.18. The first-order chi connectivity index (χ1) is 11.2. The zero-order valence-corrected chi connectivity index (χ0v) is 13.7. The lowest BCUT2D eigenvalue weighted by Gasteiger charge is -2.42. The molecule has 0 bridgehead atoms. The maximum atomic E-state index is 13.6. The molecule has 0 radical (unpaired) electrons. The first kappa shape index (κ1) is 16.4. The molecule has 2 saturated carbocycles. The van der Waals surface area contributed by atoms with Crippen LogP contribution >= 0.6 is 0 Å². The van der Waals surface area contributed by atoms with Gasteiger partial charge in [-0.3, -0.25) is 4.79 Å². The summed E-state index contributed by atoms with van der Waals surface area (Å²) in [6.45, 7) is 0.482. The molecule has 2 aliphatic carbocycles. The van der Waals surface area contributed by atoms with Gasteiger partial charge in [0, 0.05) is 12.6 Å². The van der Waals surface area contributed by atoms with Crippen molar-refractivity contribution in [1.82, 2.24) is 5.32 Å². The smallest absolute Gasteiger partial charge is 0.230 e. The van der Waals surface area contributed by atoms with Crippen LogP contribution in [0.2, 0.25) is 0 Å². The van der Waals surface area contributed by atoms with Crippen molar-refractivity contribution in [1.29, 1.82) is 0 Å². The van der Waals surface area contributed by atoms with E-state index in [9.17, 15) is 9.18 Å². The minimum atomic E-state index is -0.551. The number of halogens is 1. The summed E-state index contributed by atoms with van der Waals surface area (Å²) < 4.78 is 13.6. The summed E-state index contributed by atoms with van der Waals surface area (Å²) in [5.41, 5.74) is 6.20. The Bertz CT molecular complexity index is 550. The van der Waals surface area contributed by atoms with Crippen LogP contribution in [0.1, 0.15) is 56.9 Å². The second-order valence-corrected chi connectivity index (χ2v) is 7.16. The van der Waals surface area contributed by atoms with Crippen molar-refractivity contribution < 1.29 is 9.18 Å². The average Bonchev–Trinajstić information content (AvgIpc) is 2.52. The van der Waals surface area contributed by atoms with Gasteiger partial charge in [-0.15, -0.1) is 0 Å². The third-order valence-corrected chi connectivity index (χ3v) is 5.81. The van der Waals surface area contributed by atoms with Gasteiger partial charge in [0.2, 0.25) is 5.91 Å². The number of carbonyl (C=O) groups excluding carboxylic acids is 1. The Morgan fingerprint density at radius 2 is 2.00 bits per heavy atom. The third kappa shape index (κ3) is 3.27. The predicted octanol–water partition coefficient (Wildman–Crippen LogP) is 3.27. The summed E-state index contributed by atoms with van der Waals surface area (Å²) in [6, 6.07) is 6.56. The van der Waals surface area contributed by atoms with Gasteiger partial charge >= 0.3 is 0 Å². The van der Waals surface area contributed by atoms with E-state index >= 15 is 0 Å². The summed E-state index contributed by atoms with van der Waals surface area (Å²) in [4.78, 5) is 13.0. The van der Waals surface area contributed by atoms with E-state index in [1.54, 1.807) is 6.07 Å². The number of benzene rings is 1. The molecule has 1 aromatic carbocycles. The summed E-state index contributed by atoms with van der Waals surface area (Å²) >= 11 is 0. The van der Waals surface area contributed by atoms with Crippen LogP contribution in [0.3, 0.4) is 0 Å². The van der Waals surface area contributed by atoms with E-state index in [2.05, 4.69) is 5.32 Å². The van der Waals surface area contributed by atoms with Crippen molar-refractivity contribution in [3.05, 3.63) is 35.6 Å². The van der Waals surface area contributed by atoms with Crippen molar-refractivity contribution in [3.8, 4) is 0 Å². The Kier molecular flexibility index (Phi) is 5.00. The van der Waals surface area contributed by atoms with Crippen molar-refractivity contribution >= 4 is 5.91 Å². The molecule has 1 aromatic rings. The molecule has 1 unspecified atom stereocenters. The van der Waals surface area contributed by atoms with Crippen LogP contribution in [0.25, 0.3) is 0 Å². The SMILES string of the molecule is NCC(NC(=O)C1(c2cccc(F)c2)CCC1)C1CCCCC1. The van der Waals surface area contributed by atoms with E-state index in [-0.39, 0.29) is 17.8 Å². The van der Waals surface area contributed by atoms with Gasteiger partial charge in [0.15, 0.2) is 0 Å². The number of rotatable bonds is 5. The second kappa shape index (κ2) is 7.00. The van der Waals surface area contributed by atoms with Crippen LogP contribution in [-0.2, 0) is 10.2 Å². The molecule has 0 saturated heterocycles. The van der Waals surface area contributed by atoms with E-state index in [0.717, 1.165) is 37.7 Å². The molecule has 0 aliphatic heterocycles. The van der Waals surface area contributed by atoms with Gasteiger partial charge in [0.25, 0.3) is 0 Å². The first-order valence-corrected chi connectivity index (χ1v) is 8.93. The maximum absolute atomic E-state index is 13.6. The van der Waals surface area contributed by atoms with Crippen LogP contribution in [0.4, 0.5) is 4.39 Å². The normalized spacial score (nSPS) is 22.2. The maximum Gasteiger partial charge on any atom is 0.230 e. The van der Waals surface area contributed by atoms with Crippen LogP contribution in [0.5, 0.6) is 0 Å². The lowest BCUT2D eigenvalue weighted by atomic mass is 9.63. The van der Waals surface area contributed by atoms with E-state index < -0.39 is 5.41 Å². The summed E-state index contributed by atoms with van der Waals surface area (Å²) in [7, 11) is 0. The van der Waals surface area contributed by atoms with E-state index in [0.29, 0.717) is 12.5 Å². The number of nitrogens with one attached hydrogen (secondary N) is 1. The number of hydrogen-bond donors (Lipinski definition) is 2. The predicted molar refractivity (Wildman–Crippen MR) is 89.5 cm³/mol. The average molecular weight is 318 g/mol. The largest absolute Gasteiger partial charge is 0.351 e. The molecule has 126 valence electrons. The quantitative estimate of drug-likeness (QED) is 0.875. The Morgan fingerprint density at radius 1 is 1.26 bits per heavy atom. The third-order valence-electron chi connectivity index (χ3n) is 5.81. The molecule has 1 amide bonds. The molecule has 2 fully saturated rings. The zero-order valence-electron chi connectivity index (χ0n) is 13.7. The fraction of sp³-hybridized carbons (Fsp3) is 0.632. The van der Waals surface area contributed by atoms with Crippen LogP contribution in [0.15, 0.2) is 24.3 Å². The number of amides is 1. The van der Waals surface area contributed by atoms with Gasteiger partial charge in [-0.25, -0.2) is 4.39 Å². The van der Waals surface area contributed by atoms with Crippen molar-refractivity contribution in [2.45, 2.75) is 62.8 Å². The molecule has 4 heteroatoms. The van der Waals surface area contributed by atoms with Crippen molar-refractivity contribution in [2.75, 3.05) is 6.54 Å². The Labute approximate surface area is 137 Å². The minimum Gasteiger partial charge on any atom is -0.351 e. The highest BCUT2D eigenvalue weighted by Gasteiger charge is 2.46. The van der Waals surface area contributed by atoms with Gasteiger partial charge in [-0.1, -0.05) is 37.8 Å². The van der Waals surface area contributed by atoms with Crippen LogP contribution in [0, 0.1) is 11.7 Å². The summed E-state index contributed by atoms with van der Waals surface area (Å²) in [5.74, 6) is 0.252. The van der Waals surface area contributed by atoms with Gasteiger partial charge in [0.1, 0.15) is 5.82 Å². The molecule has 1 atom stereocenters. The highest BCUT2D eigenvalue weighted by molar-refractivity contribution is 5.89. The Morgan fingerprint density at radius 3 is 2.57 bits per heavy atom. The topological polar surface area (TPSA) is 55.1 Å². The Balaban J connectivity index is 1.74. The molecule has 2 aliphatic rings. The van der Waals surface area contributed by atoms with Gasteiger partial charge in [0.05, 0.1) is 5.41 Å². The van der Waals surface area contributed by atoms with Gasteiger partial charge in [-0.2, -0.15) is 0 Å². The number of carbonyl (C=O) groups is 1. The summed E-state index contributed by atoms with van der Waals surface area (Å²) in [6.07, 6.45) is 8.65. The monoisotopic (exact) mass is 318 g/mol. The molecule has 0 spiro atoms. The minimum absolute atomic E-state index is 0.0374. The molecule has 23 heavy (non-hydrogen) atoms. The molecular formula is C19H27FN2O. The van der Waals surface area contributed by atoms with Crippen LogP contribution < -0.4 is 11.1 Å². The lowest BCUT2D eigenvalue weighted by Crippen LogP contribution is -2.55. The molecule has 0 heterocycles. The molecule has 3 N–H and O–H groups in total. The zero-order chi connectivity index (χ0) is 16.3. The summed E-state index contributed by atoms with van der Waals surface area (Å²) in [5, 5.41) is 3.21. The van der Waals surface area contributed by atoms with Gasteiger partial charge in [-0.05, 0) is 49.3 Å². The fourth-order valence-electron chi connectivity index (χ4n) is 4.18. The number of nitrogens with two attached hydrogens (primary N) is 1. The van der Waals surface area contributed by atoms with Gasteiger partial charge < -0.3 is 11.1 Å². The molecular weight excluding hydrogens is 291 g/mol.